The summed E-state index contributed by atoms with van der Waals surface area (Å²) in [5.41, 5.74) is 0.764. The van der Waals surface area contributed by atoms with Crippen molar-refractivity contribution >= 4 is 5.91 Å². The summed E-state index contributed by atoms with van der Waals surface area (Å²) >= 11 is 0. The summed E-state index contributed by atoms with van der Waals surface area (Å²) in [6, 6.07) is 6.95. The second-order valence-corrected chi connectivity index (χ2v) is 4.02. The van der Waals surface area contributed by atoms with Crippen molar-refractivity contribution in [3.05, 3.63) is 29.8 Å². The first-order valence-corrected chi connectivity index (χ1v) is 5.82. The summed E-state index contributed by atoms with van der Waals surface area (Å²) in [5, 5.41) is 12.7. The molecule has 2 N–H and O–H groups in total. The van der Waals surface area contributed by atoms with Crippen molar-refractivity contribution in [1.29, 1.82) is 0 Å². The number of para-hydroxylation sites is 1. The van der Waals surface area contributed by atoms with Crippen LogP contribution in [0, 0.1) is 0 Å². The van der Waals surface area contributed by atoms with Gasteiger partial charge in [0.1, 0.15) is 5.75 Å². The van der Waals surface area contributed by atoms with E-state index in [-0.39, 0.29) is 17.7 Å². The topological polar surface area (TPSA) is 52.6 Å². The molecule has 0 saturated heterocycles. The van der Waals surface area contributed by atoms with E-state index >= 15 is 0 Å². The molecule has 1 atom stereocenters. The second-order valence-electron chi connectivity index (χ2n) is 4.02. The number of carbonyl (C=O) groups excluding carboxylic acids is 1. The Hall–Kier alpha value is -1.55. The van der Waals surface area contributed by atoms with Crippen molar-refractivity contribution < 1.29 is 9.90 Å². The lowest BCUT2D eigenvalue weighted by Gasteiger charge is -2.26. The molecule has 0 saturated carbocycles. The van der Waals surface area contributed by atoms with Crippen LogP contribution in [-0.4, -0.2) is 36.1 Å². The van der Waals surface area contributed by atoms with Gasteiger partial charge in [0, 0.05) is 12.6 Å². The molecule has 1 amide bonds. The van der Waals surface area contributed by atoms with E-state index in [4.69, 9.17) is 0 Å². The summed E-state index contributed by atoms with van der Waals surface area (Å²) in [7, 11) is 1.75. The lowest BCUT2D eigenvalue weighted by molar-refractivity contribution is -0.130. The number of phenols is 1. The molecule has 1 aromatic rings. The summed E-state index contributed by atoms with van der Waals surface area (Å²) in [5.74, 6) is 0.241. The molecule has 0 heterocycles. The Morgan fingerprint density at radius 1 is 1.47 bits per heavy atom. The molecule has 0 aromatic heterocycles. The SMILES string of the molecule is CCNCC(=O)N(C)C(C)c1ccccc1O. The minimum atomic E-state index is -0.137. The highest BCUT2D eigenvalue weighted by Crippen LogP contribution is 2.26. The van der Waals surface area contributed by atoms with Crippen LogP contribution >= 0.6 is 0 Å². The standard InChI is InChI=1S/C13H20N2O2/c1-4-14-9-13(17)15(3)10(2)11-7-5-6-8-12(11)16/h5-8,10,14,16H,4,9H2,1-3H3. The van der Waals surface area contributed by atoms with Gasteiger partial charge in [-0.3, -0.25) is 4.79 Å². The minimum Gasteiger partial charge on any atom is -0.508 e. The van der Waals surface area contributed by atoms with Crippen molar-refractivity contribution in [2.75, 3.05) is 20.1 Å². The van der Waals surface area contributed by atoms with Crippen LogP contribution in [0.4, 0.5) is 0 Å². The summed E-state index contributed by atoms with van der Waals surface area (Å²) in [6.45, 7) is 4.95. The number of carbonyl (C=O) groups is 1. The van der Waals surface area contributed by atoms with E-state index in [2.05, 4.69) is 5.32 Å². The van der Waals surface area contributed by atoms with Crippen LogP contribution in [0.5, 0.6) is 5.75 Å². The molecular formula is C13H20N2O2. The third-order valence-corrected chi connectivity index (χ3v) is 2.89. The van der Waals surface area contributed by atoms with E-state index < -0.39 is 0 Å². The van der Waals surface area contributed by atoms with Gasteiger partial charge in [0.15, 0.2) is 0 Å². The van der Waals surface area contributed by atoms with Crippen LogP contribution in [0.3, 0.4) is 0 Å². The number of hydrogen-bond donors (Lipinski definition) is 2. The molecule has 0 aliphatic carbocycles. The van der Waals surface area contributed by atoms with Crippen LogP contribution in [0.25, 0.3) is 0 Å². The van der Waals surface area contributed by atoms with E-state index in [1.165, 1.54) is 0 Å². The fourth-order valence-electron chi connectivity index (χ4n) is 1.62. The average Bonchev–Trinajstić information content (AvgIpc) is 2.34. The highest BCUT2D eigenvalue weighted by Gasteiger charge is 2.18. The number of nitrogens with one attached hydrogen (secondary N) is 1. The molecule has 1 unspecified atom stereocenters. The number of likely N-dealkylation sites (N-methyl/N-ethyl adjacent to an activating group) is 2. The number of hydrogen-bond acceptors (Lipinski definition) is 3. The molecule has 94 valence electrons. The molecule has 0 aliphatic rings. The Bertz CT molecular complexity index is 379. The Morgan fingerprint density at radius 2 is 2.12 bits per heavy atom. The average molecular weight is 236 g/mol. The molecule has 0 radical (unpaired) electrons. The maximum atomic E-state index is 11.8. The number of nitrogens with zero attached hydrogens (tertiary/aromatic N) is 1. The lowest BCUT2D eigenvalue weighted by atomic mass is 10.1. The predicted molar refractivity (Wildman–Crippen MR) is 67.8 cm³/mol. The highest BCUT2D eigenvalue weighted by atomic mass is 16.3. The van der Waals surface area contributed by atoms with E-state index in [1.54, 1.807) is 24.1 Å². The zero-order valence-electron chi connectivity index (χ0n) is 10.6. The molecule has 17 heavy (non-hydrogen) atoms. The van der Waals surface area contributed by atoms with E-state index in [0.29, 0.717) is 6.54 Å². The molecule has 0 aliphatic heterocycles. The predicted octanol–water partition coefficient (Wildman–Crippen LogP) is 1.52. The van der Waals surface area contributed by atoms with Crippen LogP contribution in [0.1, 0.15) is 25.5 Å². The Kier molecular flexibility index (Phi) is 4.97. The quantitative estimate of drug-likeness (QED) is 0.815. The first-order valence-electron chi connectivity index (χ1n) is 5.82. The summed E-state index contributed by atoms with van der Waals surface area (Å²) in [4.78, 5) is 13.4. The smallest absolute Gasteiger partial charge is 0.236 e. The van der Waals surface area contributed by atoms with Gasteiger partial charge in [0.05, 0.1) is 12.6 Å². The van der Waals surface area contributed by atoms with Gasteiger partial charge in [0.25, 0.3) is 0 Å². The molecular weight excluding hydrogens is 216 g/mol. The van der Waals surface area contributed by atoms with Crippen LogP contribution < -0.4 is 5.32 Å². The van der Waals surface area contributed by atoms with Gasteiger partial charge in [0.2, 0.25) is 5.91 Å². The number of rotatable bonds is 5. The first kappa shape index (κ1) is 13.5. The Balaban J connectivity index is 2.72. The van der Waals surface area contributed by atoms with Crippen molar-refractivity contribution in [1.82, 2.24) is 10.2 Å². The second kappa shape index (κ2) is 6.25. The molecule has 4 heteroatoms. The number of benzene rings is 1. The molecule has 4 nitrogen and oxygen atoms in total. The van der Waals surface area contributed by atoms with E-state index in [1.807, 2.05) is 26.0 Å². The van der Waals surface area contributed by atoms with E-state index in [0.717, 1.165) is 12.1 Å². The molecule has 1 aromatic carbocycles. The highest BCUT2D eigenvalue weighted by molar-refractivity contribution is 5.78. The summed E-state index contributed by atoms with van der Waals surface area (Å²) < 4.78 is 0. The lowest BCUT2D eigenvalue weighted by Crippen LogP contribution is -2.37. The van der Waals surface area contributed by atoms with Gasteiger partial charge >= 0.3 is 0 Å². The van der Waals surface area contributed by atoms with Gasteiger partial charge in [-0.1, -0.05) is 25.1 Å². The third kappa shape index (κ3) is 3.46. The molecule has 0 bridgehead atoms. The molecule has 0 fully saturated rings. The number of amides is 1. The van der Waals surface area contributed by atoms with Crippen LogP contribution in [-0.2, 0) is 4.79 Å². The van der Waals surface area contributed by atoms with Crippen LogP contribution in [0.2, 0.25) is 0 Å². The number of aromatic hydroxyl groups is 1. The van der Waals surface area contributed by atoms with Crippen LogP contribution in [0.15, 0.2) is 24.3 Å². The van der Waals surface area contributed by atoms with Gasteiger partial charge in [-0.15, -0.1) is 0 Å². The fourth-order valence-corrected chi connectivity index (χ4v) is 1.62. The summed E-state index contributed by atoms with van der Waals surface area (Å²) in [6.07, 6.45) is 0. The minimum absolute atomic E-state index is 0.0163. The third-order valence-electron chi connectivity index (χ3n) is 2.89. The molecule has 0 spiro atoms. The first-order chi connectivity index (χ1) is 8.07. The largest absolute Gasteiger partial charge is 0.508 e. The zero-order valence-corrected chi connectivity index (χ0v) is 10.6. The van der Waals surface area contributed by atoms with Crippen molar-refractivity contribution in [3.8, 4) is 5.75 Å². The zero-order chi connectivity index (χ0) is 12.8. The van der Waals surface area contributed by atoms with Gasteiger partial charge in [-0.05, 0) is 19.5 Å². The van der Waals surface area contributed by atoms with Gasteiger partial charge in [-0.25, -0.2) is 0 Å². The Morgan fingerprint density at radius 3 is 2.71 bits per heavy atom. The monoisotopic (exact) mass is 236 g/mol. The molecule has 1 rings (SSSR count). The van der Waals surface area contributed by atoms with Crippen molar-refractivity contribution in [3.63, 3.8) is 0 Å². The Labute approximate surface area is 102 Å². The van der Waals surface area contributed by atoms with Crippen molar-refractivity contribution in [2.45, 2.75) is 19.9 Å². The van der Waals surface area contributed by atoms with Gasteiger partial charge in [-0.2, -0.15) is 0 Å². The van der Waals surface area contributed by atoms with E-state index in [9.17, 15) is 9.90 Å². The number of phenolic OH excluding ortho intramolecular Hbond substituents is 1. The maximum absolute atomic E-state index is 11.8. The van der Waals surface area contributed by atoms with Gasteiger partial charge < -0.3 is 15.3 Å². The normalized spacial score (nSPS) is 12.2. The van der Waals surface area contributed by atoms with Crippen molar-refractivity contribution in [2.24, 2.45) is 0 Å². The maximum Gasteiger partial charge on any atom is 0.236 e. The fraction of sp³-hybridized carbons (Fsp3) is 0.462.